The Kier molecular flexibility index (Phi) is 12.1. The average molecular weight is 706 g/mol. The van der Waals surface area contributed by atoms with E-state index < -0.39 is 43.0 Å². The topological polar surface area (TPSA) is 32.7 Å². The number of methoxy groups -OCH3 is 1. The molecule has 48 heavy (non-hydrogen) atoms. The predicted molar refractivity (Wildman–Crippen MR) is 163 cm³/mol. The van der Waals surface area contributed by atoms with E-state index in [9.17, 15) is 44.6 Å². The quantitative estimate of drug-likeness (QED) is 0.137. The Balaban J connectivity index is 1.21. The second kappa shape index (κ2) is 14.8. The molecule has 3 nitrogen and oxygen atoms in total. The van der Waals surface area contributed by atoms with Gasteiger partial charge in [0.2, 0.25) is 0 Å². The second-order valence-electron chi connectivity index (χ2n) is 14.8. The van der Waals surface area contributed by atoms with Gasteiger partial charge in [-0.1, -0.05) is 25.8 Å². The molecule has 7 atom stereocenters. The molecule has 0 radical (unpaired) electrons. The van der Waals surface area contributed by atoms with Crippen molar-refractivity contribution in [3.63, 3.8) is 0 Å². The van der Waals surface area contributed by atoms with Crippen molar-refractivity contribution >= 4 is 0 Å². The molecule has 0 aromatic heterocycles. The van der Waals surface area contributed by atoms with Gasteiger partial charge in [-0.2, -0.15) is 39.5 Å². The van der Waals surface area contributed by atoms with Crippen LogP contribution in [0.5, 0.6) is 5.75 Å². The standard InChI is InChI=1S/C35H49F10NO2/c1-31-16-14-27-26-11-10-25(48-3)21-22(26)19-23(30(27)28(31)12-13-29(31)47)20-24(36)9-8-18-46(2)17-7-5-4-6-15-32(37,38)33(39,40)34(41,42)35(43,44)45/h10-11,21,23-24,27-30,47H,4-9,12-20H2,1-3H3/t23-,24?,27+,28-,29-,30+,31-/m0/s1. The first-order valence-corrected chi connectivity index (χ1v) is 17.1. The first-order valence-electron chi connectivity index (χ1n) is 17.1. The van der Waals surface area contributed by atoms with Crippen LogP contribution in [0.1, 0.15) is 101 Å². The highest BCUT2D eigenvalue weighted by Gasteiger charge is 2.81. The Hall–Kier alpha value is -1.76. The van der Waals surface area contributed by atoms with Gasteiger partial charge in [-0.15, -0.1) is 0 Å². The molecule has 3 aliphatic carbocycles. The van der Waals surface area contributed by atoms with Crippen LogP contribution in [0.3, 0.4) is 0 Å². The van der Waals surface area contributed by atoms with Crippen molar-refractivity contribution in [3.05, 3.63) is 29.3 Å². The maximum atomic E-state index is 15.6. The van der Waals surface area contributed by atoms with Crippen LogP contribution >= 0.6 is 0 Å². The molecule has 1 aromatic rings. The number of benzene rings is 1. The number of unbranched alkanes of at least 4 members (excludes halogenated alkanes) is 3. The summed E-state index contributed by atoms with van der Waals surface area (Å²) in [4.78, 5) is 1.94. The number of aliphatic hydroxyl groups excluding tert-OH is 1. The van der Waals surface area contributed by atoms with Gasteiger partial charge in [-0.3, -0.25) is 0 Å². The van der Waals surface area contributed by atoms with Crippen LogP contribution in [-0.2, 0) is 6.42 Å². The fourth-order valence-electron chi connectivity index (χ4n) is 8.88. The number of hydrogen-bond acceptors (Lipinski definition) is 3. The van der Waals surface area contributed by atoms with E-state index in [2.05, 4.69) is 19.1 Å². The third kappa shape index (κ3) is 7.76. The van der Waals surface area contributed by atoms with Crippen LogP contribution in [-0.4, -0.2) is 73.5 Å². The number of rotatable bonds is 16. The molecular weight excluding hydrogens is 656 g/mol. The molecule has 4 rings (SSSR count). The number of ether oxygens (including phenoxy) is 1. The molecule has 1 aromatic carbocycles. The largest absolute Gasteiger partial charge is 0.497 e. The molecule has 0 amide bonds. The van der Waals surface area contributed by atoms with Crippen molar-refractivity contribution in [2.45, 2.75) is 133 Å². The van der Waals surface area contributed by atoms with Crippen molar-refractivity contribution < 1.29 is 53.7 Å². The van der Waals surface area contributed by atoms with E-state index in [1.807, 2.05) is 18.0 Å². The minimum Gasteiger partial charge on any atom is -0.497 e. The smallest absolute Gasteiger partial charge is 0.460 e. The molecule has 13 heteroatoms. The van der Waals surface area contributed by atoms with Gasteiger partial charge >= 0.3 is 23.9 Å². The zero-order valence-corrected chi connectivity index (χ0v) is 27.9. The lowest BCUT2D eigenvalue weighted by atomic mass is 9.52. The summed E-state index contributed by atoms with van der Waals surface area (Å²) in [6.45, 7) is 3.27. The molecule has 276 valence electrons. The molecule has 1 N–H and O–H groups in total. The SMILES string of the molecule is COc1ccc2c(c1)C[C@@H](CC(F)CCCN(C)CCCCCCC(F)(F)C(F)(F)C(F)(F)C(F)(F)F)[C@@H]1[C@@H]2CC[C@]2(C)[C@@H](O)CC[C@@H]12. The molecule has 0 aliphatic heterocycles. The number of hydrogen-bond donors (Lipinski definition) is 1. The highest BCUT2D eigenvalue weighted by atomic mass is 19.4. The van der Waals surface area contributed by atoms with Crippen LogP contribution in [0.25, 0.3) is 0 Å². The minimum absolute atomic E-state index is 0.0424. The zero-order valence-electron chi connectivity index (χ0n) is 27.9. The third-order valence-electron chi connectivity index (χ3n) is 11.7. The van der Waals surface area contributed by atoms with E-state index in [4.69, 9.17) is 4.74 Å². The van der Waals surface area contributed by atoms with Crippen molar-refractivity contribution in [1.29, 1.82) is 0 Å². The lowest BCUT2D eigenvalue weighted by Gasteiger charge is -2.53. The van der Waals surface area contributed by atoms with Crippen LogP contribution in [0.15, 0.2) is 18.2 Å². The van der Waals surface area contributed by atoms with Gasteiger partial charge in [0.05, 0.1) is 13.2 Å². The Bertz CT molecular complexity index is 1210. The normalized spacial score (nSPS) is 28.6. The van der Waals surface area contributed by atoms with E-state index in [1.54, 1.807) is 7.11 Å². The number of aliphatic hydroxyl groups is 1. The summed E-state index contributed by atoms with van der Waals surface area (Å²) in [7, 11) is 3.44. The molecule has 1 unspecified atom stereocenters. The highest BCUT2D eigenvalue weighted by molar-refractivity contribution is 5.41. The van der Waals surface area contributed by atoms with Crippen molar-refractivity contribution in [2.24, 2.45) is 23.2 Å². The molecule has 0 spiro atoms. The summed E-state index contributed by atoms with van der Waals surface area (Å²) in [5.41, 5.74) is 2.39. The Morgan fingerprint density at radius 2 is 1.58 bits per heavy atom. The molecule has 2 saturated carbocycles. The third-order valence-corrected chi connectivity index (χ3v) is 11.7. The summed E-state index contributed by atoms with van der Waals surface area (Å²) in [5, 5.41) is 10.9. The van der Waals surface area contributed by atoms with Gasteiger partial charge in [-0.25, -0.2) is 4.39 Å². The number of alkyl halides is 10. The maximum Gasteiger partial charge on any atom is 0.460 e. The van der Waals surface area contributed by atoms with E-state index in [1.165, 1.54) is 11.1 Å². The number of fused-ring (bicyclic) bond motifs is 5. The van der Waals surface area contributed by atoms with Crippen LogP contribution < -0.4 is 4.74 Å². The van der Waals surface area contributed by atoms with Crippen molar-refractivity contribution in [2.75, 3.05) is 27.2 Å². The summed E-state index contributed by atoms with van der Waals surface area (Å²) >= 11 is 0. The van der Waals surface area contributed by atoms with Gasteiger partial charge in [0.25, 0.3) is 0 Å². The van der Waals surface area contributed by atoms with Crippen LogP contribution in [0.4, 0.5) is 43.9 Å². The first-order chi connectivity index (χ1) is 22.3. The molecule has 0 saturated heterocycles. The lowest BCUT2D eigenvalue weighted by Crippen LogP contribution is -2.60. The second-order valence-corrected chi connectivity index (χ2v) is 14.8. The summed E-state index contributed by atoms with van der Waals surface area (Å²) in [5.74, 6) is -17.0. The van der Waals surface area contributed by atoms with Crippen molar-refractivity contribution in [3.8, 4) is 5.75 Å². The molecular formula is C35H49F10NO2. The zero-order chi connectivity index (χ0) is 35.7. The van der Waals surface area contributed by atoms with E-state index in [0.717, 1.165) is 37.9 Å². The monoisotopic (exact) mass is 705 g/mol. The Labute approximate surface area is 276 Å². The fraction of sp³-hybridized carbons (Fsp3) is 0.829. The Morgan fingerprint density at radius 3 is 2.25 bits per heavy atom. The molecule has 2 fully saturated rings. The van der Waals surface area contributed by atoms with Crippen LogP contribution in [0.2, 0.25) is 0 Å². The maximum absolute atomic E-state index is 15.6. The molecule has 0 heterocycles. The number of halogens is 10. The van der Waals surface area contributed by atoms with Crippen molar-refractivity contribution in [1.82, 2.24) is 4.90 Å². The summed E-state index contributed by atoms with van der Waals surface area (Å²) in [6, 6.07) is 6.23. The minimum atomic E-state index is -6.85. The lowest BCUT2D eigenvalue weighted by molar-refractivity contribution is -0.396. The average Bonchev–Trinajstić information content (AvgIpc) is 3.31. The van der Waals surface area contributed by atoms with Gasteiger partial charge in [-0.05, 0) is 137 Å². The number of nitrogens with zero attached hydrogens (tertiary/aromatic N) is 1. The Morgan fingerprint density at radius 1 is 0.917 bits per heavy atom. The summed E-state index contributed by atoms with van der Waals surface area (Å²) < 4.78 is 138. The van der Waals surface area contributed by atoms with Gasteiger partial charge < -0.3 is 14.7 Å². The van der Waals surface area contributed by atoms with Gasteiger partial charge in [0, 0.05) is 6.42 Å². The molecule has 3 aliphatic rings. The first kappa shape index (κ1) is 39.0. The van der Waals surface area contributed by atoms with E-state index in [0.29, 0.717) is 62.9 Å². The molecule has 0 bridgehead atoms. The summed E-state index contributed by atoms with van der Waals surface area (Å²) in [6.07, 6.45) is -4.07. The predicted octanol–water partition coefficient (Wildman–Crippen LogP) is 10.00. The van der Waals surface area contributed by atoms with Crippen LogP contribution in [0, 0.1) is 23.2 Å². The van der Waals surface area contributed by atoms with Gasteiger partial charge in [0.15, 0.2) is 0 Å². The highest BCUT2D eigenvalue weighted by Crippen LogP contribution is 2.63. The van der Waals surface area contributed by atoms with Gasteiger partial charge in [0.1, 0.15) is 11.9 Å². The fourth-order valence-corrected chi connectivity index (χ4v) is 8.88. The van der Waals surface area contributed by atoms with E-state index in [-0.39, 0.29) is 23.9 Å². The van der Waals surface area contributed by atoms with E-state index >= 15 is 4.39 Å².